The first-order chi connectivity index (χ1) is 10.9. The number of anilines is 1. The Bertz CT molecular complexity index is 803. The Hall–Kier alpha value is -2.53. The van der Waals surface area contributed by atoms with Crippen molar-refractivity contribution < 1.29 is 18.4 Å². The highest BCUT2D eigenvalue weighted by Gasteiger charge is 2.08. The molecule has 118 valence electrons. The molecule has 6 heteroatoms. The van der Waals surface area contributed by atoms with Crippen molar-refractivity contribution in [2.75, 3.05) is 5.32 Å². The van der Waals surface area contributed by atoms with Crippen LogP contribution in [0.25, 0.3) is 0 Å². The fourth-order valence-electron chi connectivity index (χ4n) is 1.79. The van der Waals surface area contributed by atoms with E-state index in [4.69, 9.17) is 11.6 Å². The van der Waals surface area contributed by atoms with Gasteiger partial charge in [0, 0.05) is 11.6 Å². The Kier molecular flexibility index (Phi) is 5.24. The van der Waals surface area contributed by atoms with Crippen LogP contribution in [0.1, 0.15) is 15.9 Å². The first-order valence-electron chi connectivity index (χ1n) is 6.61. The molecular formula is C17H12ClF2NO2. The molecule has 0 heterocycles. The quantitative estimate of drug-likeness (QED) is 0.668. The first-order valence-corrected chi connectivity index (χ1v) is 6.99. The predicted molar refractivity (Wildman–Crippen MR) is 84.6 cm³/mol. The monoisotopic (exact) mass is 335 g/mol. The molecule has 0 saturated heterocycles. The molecule has 0 saturated carbocycles. The van der Waals surface area contributed by atoms with Gasteiger partial charge in [0.2, 0.25) is 5.91 Å². The van der Waals surface area contributed by atoms with E-state index in [1.807, 2.05) is 6.92 Å². The topological polar surface area (TPSA) is 46.2 Å². The largest absolute Gasteiger partial charge is 0.321 e. The molecule has 3 nitrogen and oxygen atoms in total. The summed E-state index contributed by atoms with van der Waals surface area (Å²) >= 11 is 5.98. The Morgan fingerprint density at radius 1 is 1.04 bits per heavy atom. The second-order valence-electron chi connectivity index (χ2n) is 4.80. The predicted octanol–water partition coefficient (Wildman–Crippen LogP) is 4.30. The second-order valence-corrected chi connectivity index (χ2v) is 5.21. The normalized spacial score (nSPS) is 10.8. The maximum atomic E-state index is 13.1. The number of amides is 1. The van der Waals surface area contributed by atoms with Gasteiger partial charge in [-0.05, 0) is 48.9 Å². The lowest BCUT2D eigenvalue weighted by Crippen LogP contribution is -2.09. The maximum absolute atomic E-state index is 13.1. The molecule has 0 aliphatic carbocycles. The van der Waals surface area contributed by atoms with Gasteiger partial charge in [0.15, 0.2) is 17.4 Å². The number of carbonyl (C=O) groups is 2. The summed E-state index contributed by atoms with van der Waals surface area (Å²) in [5, 5.41) is 2.89. The minimum atomic E-state index is -1.12. The van der Waals surface area contributed by atoms with Crippen molar-refractivity contribution in [3.05, 3.63) is 76.3 Å². The zero-order valence-electron chi connectivity index (χ0n) is 12.1. The lowest BCUT2D eigenvalue weighted by atomic mass is 10.1. The Balaban J connectivity index is 2.05. The average Bonchev–Trinajstić information content (AvgIpc) is 2.50. The fraction of sp³-hybridized carbons (Fsp3) is 0.0588. The van der Waals surface area contributed by atoms with Crippen molar-refractivity contribution in [2.45, 2.75) is 6.92 Å². The summed E-state index contributed by atoms with van der Waals surface area (Å²) in [7, 11) is 0. The van der Waals surface area contributed by atoms with Gasteiger partial charge in [0.25, 0.3) is 0 Å². The molecule has 2 rings (SSSR count). The molecule has 2 aromatic carbocycles. The third-order valence-electron chi connectivity index (χ3n) is 2.97. The van der Waals surface area contributed by atoms with Crippen LogP contribution in [0.2, 0.25) is 5.02 Å². The van der Waals surface area contributed by atoms with Crippen LogP contribution in [-0.2, 0) is 4.79 Å². The lowest BCUT2D eigenvalue weighted by Gasteiger charge is -2.05. The van der Waals surface area contributed by atoms with Crippen LogP contribution in [0.4, 0.5) is 14.5 Å². The van der Waals surface area contributed by atoms with Crippen molar-refractivity contribution in [1.29, 1.82) is 0 Å². The van der Waals surface area contributed by atoms with E-state index >= 15 is 0 Å². The molecule has 0 aliphatic rings. The highest BCUT2D eigenvalue weighted by Crippen LogP contribution is 2.22. The van der Waals surface area contributed by atoms with Crippen LogP contribution in [0.3, 0.4) is 0 Å². The van der Waals surface area contributed by atoms with Crippen molar-refractivity contribution in [2.24, 2.45) is 0 Å². The van der Waals surface area contributed by atoms with E-state index < -0.39 is 23.3 Å². The van der Waals surface area contributed by atoms with E-state index in [-0.39, 0.29) is 5.56 Å². The van der Waals surface area contributed by atoms with Crippen LogP contribution >= 0.6 is 11.6 Å². The number of aryl methyl sites for hydroxylation is 1. The van der Waals surface area contributed by atoms with Crippen molar-refractivity contribution in [3.8, 4) is 0 Å². The minimum Gasteiger partial charge on any atom is -0.321 e. The number of carbonyl (C=O) groups excluding carboxylic acids is 2. The molecule has 0 fully saturated rings. The fourth-order valence-corrected chi connectivity index (χ4v) is 2.08. The summed E-state index contributed by atoms with van der Waals surface area (Å²) in [6.07, 6.45) is 1.98. The number of hydrogen-bond acceptors (Lipinski definition) is 2. The maximum Gasteiger partial charge on any atom is 0.248 e. The number of allylic oxidation sites excluding steroid dienone is 1. The lowest BCUT2D eigenvalue weighted by molar-refractivity contribution is -0.111. The molecule has 2 aromatic rings. The third kappa shape index (κ3) is 4.47. The number of hydrogen-bond donors (Lipinski definition) is 1. The molecular weight excluding hydrogens is 324 g/mol. The van der Waals surface area contributed by atoms with E-state index in [9.17, 15) is 18.4 Å². The van der Waals surface area contributed by atoms with Gasteiger partial charge in [-0.25, -0.2) is 8.78 Å². The summed E-state index contributed by atoms with van der Waals surface area (Å²) in [5.74, 6) is -3.35. The Morgan fingerprint density at radius 3 is 2.43 bits per heavy atom. The van der Waals surface area contributed by atoms with Gasteiger partial charge in [-0.1, -0.05) is 17.7 Å². The SMILES string of the molecule is Cc1ccc(NC(=O)/C=C/C(=O)c2ccc(F)c(F)c2)c(Cl)c1. The summed E-state index contributed by atoms with van der Waals surface area (Å²) in [6.45, 7) is 1.86. The number of rotatable bonds is 4. The Labute approximate surface area is 136 Å². The molecule has 0 radical (unpaired) electrons. The summed E-state index contributed by atoms with van der Waals surface area (Å²) in [6, 6.07) is 7.87. The molecule has 0 unspecified atom stereocenters. The number of halogens is 3. The van der Waals surface area contributed by atoms with Crippen molar-refractivity contribution in [3.63, 3.8) is 0 Å². The van der Waals surface area contributed by atoms with Crippen molar-refractivity contribution in [1.82, 2.24) is 0 Å². The molecule has 1 N–H and O–H groups in total. The van der Waals surface area contributed by atoms with Gasteiger partial charge < -0.3 is 5.32 Å². The Morgan fingerprint density at radius 2 is 1.78 bits per heavy atom. The number of benzene rings is 2. The van der Waals surface area contributed by atoms with Gasteiger partial charge in [-0.2, -0.15) is 0 Å². The summed E-state index contributed by atoms with van der Waals surface area (Å²) in [4.78, 5) is 23.6. The van der Waals surface area contributed by atoms with E-state index in [0.717, 1.165) is 35.9 Å². The van der Waals surface area contributed by atoms with E-state index in [2.05, 4.69) is 5.32 Å². The van der Waals surface area contributed by atoms with Gasteiger partial charge in [0.05, 0.1) is 10.7 Å². The highest BCUT2D eigenvalue weighted by atomic mass is 35.5. The average molecular weight is 336 g/mol. The summed E-state index contributed by atoms with van der Waals surface area (Å²) in [5.41, 5.74) is 1.30. The van der Waals surface area contributed by atoms with Crippen LogP contribution in [0.15, 0.2) is 48.6 Å². The van der Waals surface area contributed by atoms with Crippen LogP contribution < -0.4 is 5.32 Å². The van der Waals surface area contributed by atoms with Crippen LogP contribution in [0.5, 0.6) is 0 Å². The van der Waals surface area contributed by atoms with E-state index in [0.29, 0.717) is 10.7 Å². The van der Waals surface area contributed by atoms with Crippen LogP contribution in [0, 0.1) is 18.6 Å². The highest BCUT2D eigenvalue weighted by molar-refractivity contribution is 6.34. The zero-order chi connectivity index (χ0) is 17.0. The molecule has 0 aromatic heterocycles. The van der Waals surface area contributed by atoms with E-state index in [1.54, 1.807) is 18.2 Å². The zero-order valence-corrected chi connectivity index (χ0v) is 12.8. The number of ketones is 1. The van der Waals surface area contributed by atoms with E-state index in [1.165, 1.54) is 0 Å². The smallest absolute Gasteiger partial charge is 0.248 e. The van der Waals surface area contributed by atoms with Gasteiger partial charge in [-0.3, -0.25) is 9.59 Å². The summed E-state index contributed by atoms with van der Waals surface area (Å²) < 4.78 is 25.9. The van der Waals surface area contributed by atoms with Gasteiger partial charge >= 0.3 is 0 Å². The number of nitrogens with one attached hydrogen (secondary N) is 1. The molecule has 1 amide bonds. The molecule has 0 spiro atoms. The molecule has 0 bridgehead atoms. The minimum absolute atomic E-state index is 0.0543. The second kappa shape index (κ2) is 7.15. The van der Waals surface area contributed by atoms with Gasteiger partial charge in [0.1, 0.15) is 0 Å². The van der Waals surface area contributed by atoms with Crippen LogP contribution in [-0.4, -0.2) is 11.7 Å². The molecule has 0 atom stereocenters. The molecule has 0 aliphatic heterocycles. The third-order valence-corrected chi connectivity index (χ3v) is 3.29. The van der Waals surface area contributed by atoms with Crippen molar-refractivity contribution >= 4 is 29.0 Å². The first kappa shape index (κ1) is 16.8. The standard InChI is InChI=1S/C17H12ClF2NO2/c1-10-2-5-15(12(18)8-10)21-17(23)7-6-16(22)11-3-4-13(19)14(20)9-11/h2-9H,1H3,(H,21,23)/b7-6+. The van der Waals surface area contributed by atoms with Gasteiger partial charge in [-0.15, -0.1) is 0 Å². The molecule has 23 heavy (non-hydrogen) atoms.